The van der Waals surface area contributed by atoms with Gasteiger partial charge in [-0.05, 0) is 39.2 Å². The second-order valence-corrected chi connectivity index (χ2v) is 8.51. The van der Waals surface area contributed by atoms with E-state index >= 15 is 0 Å². The van der Waals surface area contributed by atoms with Gasteiger partial charge in [-0.1, -0.05) is 30.3 Å². The topological polar surface area (TPSA) is 53.1 Å². The maximum Gasteiger partial charge on any atom is 0.410 e. The number of hydrogen-bond donors (Lipinski definition) is 0. The van der Waals surface area contributed by atoms with Crippen LogP contribution >= 0.6 is 0 Å². The first-order valence-electron chi connectivity index (χ1n) is 9.80. The highest BCUT2D eigenvalue weighted by atomic mass is 16.6. The number of carbonyl (C=O) groups excluding carboxylic acids is 2. The Morgan fingerprint density at radius 3 is 2.26 bits per heavy atom. The lowest BCUT2D eigenvalue weighted by molar-refractivity contribution is -0.143. The molecule has 0 aromatic heterocycles. The van der Waals surface area contributed by atoms with Crippen molar-refractivity contribution >= 4 is 12.0 Å². The molecule has 2 amide bonds. The first-order valence-corrected chi connectivity index (χ1v) is 9.80. The zero-order valence-corrected chi connectivity index (χ0v) is 16.9. The fourth-order valence-corrected chi connectivity index (χ4v) is 3.92. The van der Waals surface area contributed by atoms with E-state index in [0.29, 0.717) is 19.1 Å². The molecule has 0 N–H and O–H groups in total. The van der Waals surface area contributed by atoms with Crippen LogP contribution in [0.2, 0.25) is 0 Å². The van der Waals surface area contributed by atoms with Crippen LogP contribution in [0.5, 0.6) is 0 Å². The van der Waals surface area contributed by atoms with Crippen molar-refractivity contribution in [3.63, 3.8) is 0 Å². The smallest absolute Gasteiger partial charge is 0.410 e. The normalized spacial score (nSPS) is 22.8. The summed E-state index contributed by atoms with van der Waals surface area (Å²) in [6, 6.07) is 10.1. The van der Waals surface area contributed by atoms with Gasteiger partial charge in [0, 0.05) is 39.3 Å². The predicted octanol–water partition coefficient (Wildman–Crippen LogP) is 2.90. The van der Waals surface area contributed by atoms with E-state index in [1.54, 1.807) is 4.90 Å². The molecule has 2 heterocycles. The number of likely N-dealkylation sites (N-methyl/N-ethyl adjacent to an activating group) is 1. The van der Waals surface area contributed by atoms with Crippen LogP contribution in [0, 0.1) is 0 Å². The summed E-state index contributed by atoms with van der Waals surface area (Å²) in [5.74, 6) is 0.155. The third-order valence-corrected chi connectivity index (χ3v) is 5.34. The number of piperazine rings is 1. The van der Waals surface area contributed by atoms with E-state index in [1.807, 2.05) is 63.1 Å². The summed E-state index contributed by atoms with van der Waals surface area (Å²) in [5.41, 5.74) is 0.569. The Bertz CT molecular complexity index is 663. The monoisotopic (exact) mass is 373 g/mol. The number of rotatable bonds is 2. The predicted molar refractivity (Wildman–Crippen MR) is 104 cm³/mol. The van der Waals surface area contributed by atoms with E-state index in [0.717, 1.165) is 31.5 Å². The number of piperidine rings is 1. The zero-order chi connectivity index (χ0) is 19.6. The molecule has 148 valence electrons. The van der Waals surface area contributed by atoms with Gasteiger partial charge in [0.2, 0.25) is 5.91 Å². The lowest BCUT2D eigenvalue weighted by Crippen LogP contribution is -2.56. The quantitative estimate of drug-likeness (QED) is 0.800. The van der Waals surface area contributed by atoms with Gasteiger partial charge < -0.3 is 14.5 Å². The molecule has 27 heavy (non-hydrogen) atoms. The third-order valence-electron chi connectivity index (χ3n) is 5.34. The third kappa shape index (κ3) is 4.61. The molecule has 2 saturated heterocycles. The van der Waals surface area contributed by atoms with E-state index in [9.17, 15) is 9.59 Å². The molecule has 1 aromatic rings. The lowest BCUT2D eigenvalue weighted by Gasteiger charge is -2.46. The average molecular weight is 373 g/mol. The minimum absolute atomic E-state index is 0.155. The van der Waals surface area contributed by atoms with Crippen molar-refractivity contribution in [1.82, 2.24) is 14.7 Å². The Kier molecular flexibility index (Phi) is 5.75. The van der Waals surface area contributed by atoms with Gasteiger partial charge in [-0.3, -0.25) is 9.69 Å². The number of carbonyl (C=O) groups is 2. The van der Waals surface area contributed by atoms with Crippen LogP contribution in [0.1, 0.15) is 45.2 Å². The lowest BCUT2D eigenvalue weighted by atomic mass is 9.95. The molecule has 6 heteroatoms. The van der Waals surface area contributed by atoms with Gasteiger partial charge in [0.1, 0.15) is 11.6 Å². The van der Waals surface area contributed by atoms with Crippen molar-refractivity contribution in [3.05, 3.63) is 35.9 Å². The summed E-state index contributed by atoms with van der Waals surface area (Å²) in [5, 5.41) is 0. The van der Waals surface area contributed by atoms with Crippen molar-refractivity contribution < 1.29 is 14.3 Å². The number of likely N-dealkylation sites (tertiary alicyclic amines) is 1. The summed E-state index contributed by atoms with van der Waals surface area (Å²) in [7, 11) is 1.88. The van der Waals surface area contributed by atoms with Crippen LogP contribution in [0.4, 0.5) is 4.79 Å². The molecule has 1 aromatic carbocycles. The van der Waals surface area contributed by atoms with Gasteiger partial charge in [-0.15, -0.1) is 0 Å². The van der Waals surface area contributed by atoms with E-state index in [-0.39, 0.29) is 18.0 Å². The minimum Gasteiger partial charge on any atom is -0.444 e. The largest absolute Gasteiger partial charge is 0.444 e. The number of benzene rings is 1. The number of hydrogen-bond acceptors (Lipinski definition) is 4. The molecule has 2 aliphatic heterocycles. The standard InChI is InChI=1S/C21H31N3O3/c1-21(2,3)27-20(26)23-12-10-17(11-13-23)24-15-14-22(4)19(25)18(24)16-8-6-5-7-9-16/h5-9,17-18H,10-15H2,1-4H3. The average Bonchev–Trinajstić information content (AvgIpc) is 2.63. The Balaban J connectivity index is 1.69. The molecule has 0 saturated carbocycles. The Labute approximate surface area is 162 Å². The molecular formula is C21H31N3O3. The summed E-state index contributed by atoms with van der Waals surface area (Å²) in [4.78, 5) is 31.2. The van der Waals surface area contributed by atoms with E-state index in [4.69, 9.17) is 4.74 Å². The van der Waals surface area contributed by atoms with Gasteiger partial charge in [0.05, 0.1) is 0 Å². The number of ether oxygens (including phenoxy) is 1. The highest BCUT2D eigenvalue weighted by Gasteiger charge is 2.39. The van der Waals surface area contributed by atoms with Gasteiger partial charge in [0.25, 0.3) is 0 Å². The van der Waals surface area contributed by atoms with E-state index < -0.39 is 5.60 Å². The first-order chi connectivity index (χ1) is 12.8. The van der Waals surface area contributed by atoms with Gasteiger partial charge >= 0.3 is 6.09 Å². The van der Waals surface area contributed by atoms with Crippen molar-refractivity contribution in [2.24, 2.45) is 0 Å². The van der Waals surface area contributed by atoms with Gasteiger partial charge in [-0.2, -0.15) is 0 Å². The first kappa shape index (κ1) is 19.7. The maximum atomic E-state index is 12.9. The molecule has 0 aliphatic carbocycles. The maximum absolute atomic E-state index is 12.9. The van der Waals surface area contributed by atoms with Crippen molar-refractivity contribution in [1.29, 1.82) is 0 Å². The second-order valence-electron chi connectivity index (χ2n) is 8.51. The Hall–Kier alpha value is -2.08. The molecule has 2 fully saturated rings. The van der Waals surface area contributed by atoms with Crippen LogP contribution in [-0.2, 0) is 9.53 Å². The summed E-state index contributed by atoms with van der Waals surface area (Å²) < 4.78 is 5.49. The van der Waals surface area contributed by atoms with Crippen molar-refractivity contribution in [2.45, 2.75) is 51.3 Å². The van der Waals surface area contributed by atoms with Crippen molar-refractivity contribution in [3.8, 4) is 0 Å². The van der Waals surface area contributed by atoms with Gasteiger partial charge in [-0.25, -0.2) is 4.79 Å². The summed E-state index contributed by atoms with van der Waals surface area (Å²) >= 11 is 0. The molecule has 0 spiro atoms. The van der Waals surface area contributed by atoms with E-state index in [1.165, 1.54) is 0 Å². The highest BCUT2D eigenvalue weighted by molar-refractivity contribution is 5.84. The number of amides is 2. The fraction of sp³-hybridized carbons (Fsp3) is 0.619. The molecular weight excluding hydrogens is 342 g/mol. The van der Waals surface area contributed by atoms with Gasteiger partial charge in [0.15, 0.2) is 0 Å². The molecule has 3 rings (SSSR count). The molecule has 1 atom stereocenters. The zero-order valence-electron chi connectivity index (χ0n) is 16.9. The molecule has 2 aliphatic rings. The van der Waals surface area contributed by atoms with Crippen LogP contribution in [0.3, 0.4) is 0 Å². The van der Waals surface area contributed by atoms with Crippen LogP contribution in [0.25, 0.3) is 0 Å². The number of nitrogens with zero attached hydrogens (tertiary/aromatic N) is 3. The second kappa shape index (κ2) is 7.89. The Morgan fingerprint density at radius 1 is 1.04 bits per heavy atom. The molecule has 0 radical (unpaired) electrons. The van der Waals surface area contributed by atoms with Crippen LogP contribution in [-0.4, -0.2) is 71.6 Å². The van der Waals surface area contributed by atoms with E-state index in [2.05, 4.69) is 4.90 Å². The van der Waals surface area contributed by atoms with Crippen LogP contribution < -0.4 is 0 Å². The van der Waals surface area contributed by atoms with Crippen LogP contribution in [0.15, 0.2) is 30.3 Å². The highest BCUT2D eigenvalue weighted by Crippen LogP contribution is 2.31. The molecule has 0 bridgehead atoms. The summed E-state index contributed by atoms with van der Waals surface area (Å²) in [6.45, 7) is 8.60. The Morgan fingerprint density at radius 2 is 1.67 bits per heavy atom. The summed E-state index contributed by atoms with van der Waals surface area (Å²) in [6.07, 6.45) is 1.48. The SMILES string of the molecule is CN1CCN(C2CCN(C(=O)OC(C)(C)C)CC2)C(c2ccccc2)C1=O. The van der Waals surface area contributed by atoms with Crippen molar-refractivity contribution in [2.75, 3.05) is 33.2 Å². The fourth-order valence-electron chi connectivity index (χ4n) is 3.92. The molecule has 1 unspecified atom stereocenters. The minimum atomic E-state index is -0.476. The molecule has 6 nitrogen and oxygen atoms in total.